The lowest BCUT2D eigenvalue weighted by atomic mass is 9.82. The van der Waals surface area contributed by atoms with E-state index in [0.717, 1.165) is 36.9 Å². The third-order valence-corrected chi connectivity index (χ3v) is 7.26. The van der Waals surface area contributed by atoms with Crippen LogP contribution in [0.2, 0.25) is 0 Å². The highest BCUT2D eigenvalue weighted by atomic mass is 16.6. The molecule has 0 bridgehead atoms. The van der Waals surface area contributed by atoms with Gasteiger partial charge in [0.15, 0.2) is 5.60 Å². The van der Waals surface area contributed by atoms with Gasteiger partial charge < -0.3 is 20.0 Å². The Bertz CT molecular complexity index is 1190. The van der Waals surface area contributed by atoms with Crippen molar-refractivity contribution in [3.05, 3.63) is 75.9 Å². The van der Waals surface area contributed by atoms with E-state index in [2.05, 4.69) is 0 Å². The zero-order valence-corrected chi connectivity index (χ0v) is 21.0. The fourth-order valence-corrected chi connectivity index (χ4v) is 5.12. The van der Waals surface area contributed by atoms with Gasteiger partial charge in [0.1, 0.15) is 0 Å². The molecule has 0 aliphatic carbocycles. The fraction of sp³-hybridized carbons (Fsp3) is 0.429. The Morgan fingerprint density at radius 3 is 2.54 bits per heavy atom. The first-order valence-corrected chi connectivity index (χ1v) is 12.8. The van der Waals surface area contributed by atoms with Gasteiger partial charge in [-0.25, -0.2) is 0 Å². The van der Waals surface area contributed by atoms with Gasteiger partial charge in [-0.3, -0.25) is 19.7 Å². The molecule has 0 spiro atoms. The predicted octanol–water partition coefficient (Wildman–Crippen LogP) is 4.20. The summed E-state index contributed by atoms with van der Waals surface area (Å²) >= 11 is 0. The summed E-state index contributed by atoms with van der Waals surface area (Å²) in [7, 11) is 0. The molecule has 0 aromatic heterocycles. The number of hydrogen-bond donors (Lipinski definition) is 2. The molecule has 9 heteroatoms. The molecule has 2 aromatic rings. The average molecular weight is 508 g/mol. The van der Waals surface area contributed by atoms with Crippen LogP contribution in [0.4, 0.5) is 17.1 Å². The Morgan fingerprint density at radius 2 is 1.84 bits per heavy atom. The first-order valence-electron chi connectivity index (χ1n) is 12.8. The standard InChI is InChI=1S/C28H33N3O6/c1-20(8-5-7-17-32)28(35)24-18-23(31(36)37)14-15-25(24)30(27(28)34)19-21-10-12-22(13-11-21)29-16-6-3-2-4-9-26(29)33/h5,8,10-15,18,20,32,35H,2-4,6-7,9,16-17,19H2,1H3/b8-5+/t20-,28+/m1/s1. The Morgan fingerprint density at radius 1 is 1.11 bits per heavy atom. The first kappa shape index (κ1) is 26.5. The zero-order valence-electron chi connectivity index (χ0n) is 21.0. The van der Waals surface area contributed by atoms with Gasteiger partial charge in [-0.15, -0.1) is 0 Å². The van der Waals surface area contributed by atoms with Crippen LogP contribution in [0.3, 0.4) is 0 Å². The van der Waals surface area contributed by atoms with E-state index in [-0.39, 0.29) is 30.3 Å². The molecule has 2 atom stereocenters. The number of aliphatic hydroxyl groups is 2. The summed E-state index contributed by atoms with van der Waals surface area (Å²) in [5.74, 6) is -1.13. The number of fused-ring (bicyclic) bond motifs is 1. The van der Waals surface area contributed by atoms with Crippen molar-refractivity contribution in [1.82, 2.24) is 0 Å². The molecule has 0 radical (unpaired) electrons. The van der Waals surface area contributed by atoms with E-state index in [1.807, 2.05) is 29.2 Å². The smallest absolute Gasteiger partial charge is 0.269 e. The van der Waals surface area contributed by atoms with Crippen LogP contribution in [0.1, 0.15) is 56.6 Å². The van der Waals surface area contributed by atoms with Crippen molar-refractivity contribution in [2.24, 2.45) is 5.92 Å². The van der Waals surface area contributed by atoms with Crippen LogP contribution >= 0.6 is 0 Å². The van der Waals surface area contributed by atoms with E-state index < -0.39 is 22.3 Å². The minimum Gasteiger partial charge on any atom is -0.396 e. The highest BCUT2D eigenvalue weighted by molar-refractivity contribution is 6.07. The summed E-state index contributed by atoms with van der Waals surface area (Å²) in [6.07, 6.45) is 8.28. The van der Waals surface area contributed by atoms with E-state index >= 15 is 0 Å². The molecule has 2 heterocycles. The lowest BCUT2D eigenvalue weighted by Gasteiger charge is -2.28. The first-order chi connectivity index (χ1) is 17.8. The van der Waals surface area contributed by atoms with Crippen LogP contribution in [0.25, 0.3) is 0 Å². The van der Waals surface area contributed by atoms with Crippen molar-refractivity contribution >= 4 is 28.9 Å². The van der Waals surface area contributed by atoms with Crippen LogP contribution in [0.15, 0.2) is 54.6 Å². The van der Waals surface area contributed by atoms with Crippen molar-refractivity contribution in [1.29, 1.82) is 0 Å². The lowest BCUT2D eigenvalue weighted by molar-refractivity contribution is -0.385. The molecule has 0 saturated carbocycles. The van der Waals surface area contributed by atoms with Crippen molar-refractivity contribution in [2.45, 2.75) is 57.6 Å². The van der Waals surface area contributed by atoms with Crippen molar-refractivity contribution in [3.63, 3.8) is 0 Å². The number of carbonyl (C=O) groups is 2. The predicted molar refractivity (Wildman–Crippen MR) is 140 cm³/mol. The van der Waals surface area contributed by atoms with E-state index in [9.17, 15) is 24.8 Å². The molecule has 2 amide bonds. The maximum Gasteiger partial charge on any atom is 0.269 e. The molecule has 2 aliphatic heterocycles. The molecule has 0 unspecified atom stereocenters. The van der Waals surface area contributed by atoms with E-state index in [1.165, 1.54) is 23.1 Å². The van der Waals surface area contributed by atoms with Gasteiger partial charge in [0, 0.05) is 48.9 Å². The minimum atomic E-state index is -1.98. The molecular formula is C28H33N3O6. The van der Waals surface area contributed by atoms with Gasteiger partial charge in [-0.05, 0) is 43.0 Å². The number of carbonyl (C=O) groups excluding carboxylic acids is 2. The van der Waals surface area contributed by atoms with Crippen LogP contribution in [-0.4, -0.2) is 40.1 Å². The summed E-state index contributed by atoms with van der Waals surface area (Å²) in [4.78, 5) is 40.4. The van der Waals surface area contributed by atoms with Crippen LogP contribution in [0, 0.1) is 16.0 Å². The SMILES string of the molecule is C[C@H](/C=C/CCO)[C@@]1(O)C(=O)N(Cc2ccc(N3CCCCCCC3=O)cc2)c2ccc([N+](=O)[O-])cc21. The molecule has 2 aliphatic rings. The topological polar surface area (TPSA) is 124 Å². The number of nitrogens with zero attached hydrogens (tertiary/aromatic N) is 3. The zero-order chi connectivity index (χ0) is 26.6. The number of aliphatic hydroxyl groups excluding tert-OH is 1. The van der Waals surface area contributed by atoms with Gasteiger partial charge in [-0.2, -0.15) is 0 Å². The average Bonchev–Trinajstić information content (AvgIpc) is 3.09. The second kappa shape index (κ2) is 11.2. The number of non-ortho nitro benzene ring substituents is 1. The number of rotatable bonds is 8. The highest BCUT2D eigenvalue weighted by Crippen LogP contribution is 2.47. The van der Waals surface area contributed by atoms with Crippen LogP contribution < -0.4 is 9.80 Å². The maximum absolute atomic E-state index is 13.6. The number of nitro groups is 1. The molecule has 37 heavy (non-hydrogen) atoms. The molecule has 196 valence electrons. The summed E-state index contributed by atoms with van der Waals surface area (Å²) in [6.45, 7) is 2.45. The third kappa shape index (κ3) is 5.28. The van der Waals surface area contributed by atoms with Gasteiger partial charge in [-0.1, -0.05) is 44.1 Å². The number of amides is 2. The minimum absolute atomic E-state index is 0.0667. The Hall–Kier alpha value is -3.56. The number of hydrogen-bond acceptors (Lipinski definition) is 6. The largest absolute Gasteiger partial charge is 0.396 e. The van der Waals surface area contributed by atoms with Gasteiger partial charge >= 0.3 is 0 Å². The van der Waals surface area contributed by atoms with E-state index in [0.29, 0.717) is 25.1 Å². The maximum atomic E-state index is 13.6. The van der Waals surface area contributed by atoms with E-state index in [4.69, 9.17) is 5.11 Å². The van der Waals surface area contributed by atoms with Crippen LogP contribution in [0.5, 0.6) is 0 Å². The second-order valence-corrected chi connectivity index (χ2v) is 9.72. The van der Waals surface area contributed by atoms with Crippen molar-refractivity contribution in [2.75, 3.05) is 23.0 Å². The van der Waals surface area contributed by atoms with Gasteiger partial charge in [0.2, 0.25) is 5.91 Å². The molecule has 2 aromatic carbocycles. The number of benzene rings is 2. The van der Waals surface area contributed by atoms with Gasteiger partial charge in [0.25, 0.3) is 11.6 Å². The normalized spacial score (nSPS) is 21.2. The number of anilines is 2. The summed E-state index contributed by atoms with van der Waals surface area (Å²) < 4.78 is 0. The molecule has 9 nitrogen and oxygen atoms in total. The third-order valence-electron chi connectivity index (χ3n) is 7.26. The summed E-state index contributed by atoms with van der Waals surface area (Å²) in [5, 5.41) is 32.2. The summed E-state index contributed by atoms with van der Waals surface area (Å²) in [6, 6.07) is 11.6. The summed E-state index contributed by atoms with van der Waals surface area (Å²) in [5.41, 5.74) is 0.0385. The number of nitro benzene ring substituents is 1. The fourth-order valence-electron chi connectivity index (χ4n) is 5.12. The van der Waals surface area contributed by atoms with Gasteiger partial charge in [0.05, 0.1) is 17.2 Å². The van der Waals surface area contributed by atoms with Crippen molar-refractivity contribution < 1.29 is 24.7 Å². The van der Waals surface area contributed by atoms with Crippen LogP contribution in [-0.2, 0) is 21.7 Å². The molecule has 1 fully saturated rings. The monoisotopic (exact) mass is 507 g/mol. The molecule has 1 saturated heterocycles. The Kier molecular flexibility index (Phi) is 8.04. The second-order valence-electron chi connectivity index (χ2n) is 9.72. The van der Waals surface area contributed by atoms with Crippen molar-refractivity contribution in [3.8, 4) is 0 Å². The molecular weight excluding hydrogens is 474 g/mol. The highest BCUT2D eigenvalue weighted by Gasteiger charge is 2.53. The lowest BCUT2D eigenvalue weighted by Crippen LogP contribution is -2.44. The van der Waals surface area contributed by atoms with E-state index in [1.54, 1.807) is 19.1 Å². The quantitative estimate of drug-likeness (QED) is 0.313. The molecule has 2 N–H and O–H groups in total. The Balaban J connectivity index is 1.63. The Labute approximate surface area is 216 Å². The molecule has 4 rings (SSSR count).